The van der Waals surface area contributed by atoms with Gasteiger partial charge in [-0.2, -0.15) is 0 Å². The van der Waals surface area contributed by atoms with Crippen molar-refractivity contribution in [1.82, 2.24) is 4.90 Å². The lowest BCUT2D eigenvalue weighted by Crippen LogP contribution is -2.61. The summed E-state index contributed by atoms with van der Waals surface area (Å²) >= 11 is 0. The zero-order valence-electron chi connectivity index (χ0n) is 34.8. The van der Waals surface area contributed by atoms with Gasteiger partial charge >= 0.3 is 5.97 Å². The highest BCUT2D eigenvalue weighted by atomic mass is 16.7. The Bertz CT molecular complexity index is 1190. The first-order valence-electron chi connectivity index (χ1n) is 19.8. The average Bonchev–Trinajstić information content (AvgIpc) is 3.08. The molecule has 318 valence electrons. The Kier molecular flexibility index (Phi) is 16.4. The summed E-state index contributed by atoms with van der Waals surface area (Å²) in [5.74, 6) is -4.26. The van der Waals surface area contributed by atoms with Gasteiger partial charge in [0, 0.05) is 38.0 Å². The van der Waals surface area contributed by atoms with Crippen molar-refractivity contribution in [1.29, 1.82) is 0 Å². The molecule has 3 saturated heterocycles. The summed E-state index contributed by atoms with van der Waals surface area (Å²) in [6.07, 6.45) is -11.8. The minimum atomic E-state index is -1.95. The number of aliphatic hydroxyl groups excluding tert-OH is 5. The zero-order valence-corrected chi connectivity index (χ0v) is 34.8. The summed E-state index contributed by atoms with van der Waals surface area (Å²) in [5, 5.41) is 79.9. The first-order valence-corrected chi connectivity index (χ1v) is 19.8. The predicted octanol–water partition coefficient (Wildman–Crippen LogP) is 1.33. The molecule has 0 aromatic heterocycles. The number of rotatable bonds is 9. The summed E-state index contributed by atoms with van der Waals surface area (Å²) in [4.78, 5) is 16.0. The van der Waals surface area contributed by atoms with Gasteiger partial charge in [-0.05, 0) is 80.7 Å². The van der Waals surface area contributed by atoms with Crippen LogP contribution in [0.4, 0.5) is 0 Å². The Morgan fingerprint density at radius 3 is 2.07 bits per heavy atom. The number of cyclic esters (lactones) is 1. The molecule has 0 aromatic rings. The molecule has 3 fully saturated rings. The maximum Gasteiger partial charge on any atom is 0.311 e. The Balaban J connectivity index is 2.18. The number of aliphatic hydroxyl groups is 7. The van der Waals surface area contributed by atoms with Crippen LogP contribution in [0.5, 0.6) is 0 Å². The molecule has 0 spiro atoms. The molecule has 0 bridgehead atoms. The van der Waals surface area contributed by atoms with Gasteiger partial charge in [0.2, 0.25) is 0 Å². The molecule has 3 heterocycles. The number of ether oxygens (including phenoxy) is 6. The Hall–Kier alpha value is -1.05. The van der Waals surface area contributed by atoms with Crippen molar-refractivity contribution in [3.8, 4) is 0 Å². The SMILES string of the molecule is CC[C@H]1OC(=O)[C@H](C)[C@@H](O[C@@H]2C[C@@](C)(OC)[C@@H](O)[C@H](C)O2)[C@H](C)[C@@H](O[C@@H]2O[C@H](C)C[C@H](N(C)C[C@@H](C)O)[C@H]2O)[C@](C)(O)C[C@@H](C)[C@H](O)[C@H](C)[C@@H](O)[C@]1(C)O. The predicted molar refractivity (Wildman–Crippen MR) is 198 cm³/mol. The van der Waals surface area contributed by atoms with E-state index < -0.39 is 120 Å². The summed E-state index contributed by atoms with van der Waals surface area (Å²) in [6, 6.07) is -0.467. The molecule has 0 aliphatic carbocycles. The van der Waals surface area contributed by atoms with Crippen LogP contribution >= 0.6 is 0 Å². The van der Waals surface area contributed by atoms with Crippen LogP contribution < -0.4 is 0 Å². The number of hydrogen-bond acceptors (Lipinski definition) is 15. The third kappa shape index (κ3) is 10.5. The molecule has 54 heavy (non-hydrogen) atoms. The highest BCUT2D eigenvalue weighted by Gasteiger charge is 2.53. The molecular formula is C39H73NO14. The maximum atomic E-state index is 14.2. The van der Waals surface area contributed by atoms with Gasteiger partial charge in [-0.25, -0.2) is 0 Å². The summed E-state index contributed by atoms with van der Waals surface area (Å²) in [7, 11) is 3.27. The quantitative estimate of drug-likeness (QED) is 0.164. The van der Waals surface area contributed by atoms with Gasteiger partial charge < -0.3 is 64.2 Å². The molecule has 3 aliphatic heterocycles. The Morgan fingerprint density at radius 1 is 0.907 bits per heavy atom. The van der Waals surface area contributed by atoms with E-state index in [-0.39, 0.29) is 31.9 Å². The highest BCUT2D eigenvalue weighted by molar-refractivity contribution is 5.73. The lowest BCUT2D eigenvalue weighted by Gasteiger charge is -2.49. The number of hydrogen-bond donors (Lipinski definition) is 7. The van der Waals surface area contributed by atoms with Gasteiger partial charge in [-0.1, -0.05) is 27.7 Å². The largest absolute Gasteiger partial charge is 0.459 e. The monoisotopic (exact) mass is 780 g/mol. The van der Waals surface area contributed by atoms with Crippen LogP contribution in [0.25, 0.3) is 0 Å². The molecule has 7 N–H and O–H groups in total. The molecule has 3 aliphatic rings. The smallest absolute Gasteiger partial charge is 0.311 e. The van der Waals surface area contributed by atoms with Gasteiger partial charge in [0.25, 0.3) is 0 Å². The van der Waals surface area contributed by atoms with E-state index in [4.69, 9.17) is 28.4 Å². The minimum Gasteiger partial charge on any atom is -0.459 e. The van der Waals surface area contributed by atoms with Gasteiger partial charge in [-0.15, -0.1) is 0 Å². The summed E-state index contributed by atoms with van der Waals surface area (Å²) in [5.41, 5.74) is -4.80. The molecular weight excluding hydrogens is 706 g/mol. The van der Waals surface area contributed by atoms with Gasteiger partial charge in [0.15, 0.2) is 12.6 Å². The molecule has 0 radical (unpaired) electrons. The van der Waals surface area contributed by atoms with Crippen molar-refractivity contribution >= 4 is 5.97 Å². The van der Waals surface area contributed by atoms with Crippen LogP contribution in [0.3, 0.4) is 0 Å². The Labute approximate surface area is 322 Å². The van der Waals surface area contributed by atoms with Gasteiger partial charge in [0.05, 0.1) is 59.8 Å². The fourth-order valence-corrected chi connectivity index (χ4v) is 9.07. The average molecular weight is 780 g/mol. The molecule has 0 amide bonds. The number of carbonyl (C=O) groups is 1. The maximum absolute atomic E-state index is 14.2. The van der Waals surface area contributed by atoms with Crippen LogP contribution in [-0.2, 0) is 33.2 Å². The lowest BCUT2D eigenvalue weighted by atomic mass is 9.73. The zero-order chi connectivity index (χ0) is 41.2. The molecule has 0 aromatic carbocycles. The summed E-state index contributed by atoms with van der Waals surface area (Å²) < 4.78 is 37.3. The van der Waals surface area contributed by atoms with Crippen LogP contribution in [0.1, 0.15) is 102 Å². The lowest BCUT2D eigenvalue weighted by molar-refractivity contribution is -0.319. The fourth-order valence-electron chi connectivity index (χ4n) is 9.07. The van der Waals surface area contributed by atoms with E-state index in [2.05, 4.69) is 0 Å². The second-order valence-corrected chi connectivity index (χ2v) is 17.5. The van der Waals surface area contributed by atoms with Crippen molar-refractivity contribution in [3.63, 3.8) is 0 Å². The molecule has 15 heteroatoms. The second kappa shape index (κ2) is 18.7. The number of carbonyl (C=O) groups excluding carboxylic acids is 1. The third-order valence-electron chi connectivity index (χ3n) is 12.5. The van der Waals surface area contributed by atoms with E-state index in [1.54, 1.807) is 69.4 Å². The number of nitrogens with zero attached hydrogens (tertiary/aromatic N) is 1. The molecule has 0 unspecified atom stereocenters. The van der Waals surface area contributed by atoms with Gasteiger partial charge in [0.1, 0.15) is 23.9 Å². The van der Waals surface area contributed by atoms with Crippen LogP contribution in [0.2, 0.25) is 0 Å². The van der Waals surface area contributed by atoms with E-state index in [1.807, 2.05) is 11.8 Å². The topological polar surface area (TPSA) is 217 Å². The van der Waals surface area contributed by atoms with E-state index in [0.717, 1.165) is 0 Å². The fraction of sp³-hybridized carbons (Fsp3) is 0.974. The number of likely N-dealkylation sites (N-methyl/N-ethyl adjacent to an activating group) is 1. The molecule has 0 saturated carbocycles. The molecule has 20 atom stereocenters. The second-order valence-electron chi connectivity index (χ2n) is 17.5. The van der Waals surface area contributed by atoms with Crippen molar-refractivity contribution in [2.75, 3.05) is 20.7 Å². The third-order valence-corrected chi connectivity index (χ3v) is 12.5. The van der Waals surface area contributed by atoms with Crippen LogP contribution in [0, 0.1) is 23.7 Å². The minimum absolute atomic E-state index is 0.0697. The molecule has 3 rings (SSSR count). The van der Waals surface area contributed by atoms with Crippen molar-refractivity contribution in [3.05, 3.63) is 0 Å². The van der Waals surface area contributed by atoms with E-state index in [9.17, 15) is 40.5 Å². The van der Waals surface area contributed by atoms with E-state index >= 15 is 0 Å². The van der Waals surface area contributed by atoms with Crippen LogP contribution in [0.15, 0.2) is 0 Å². The normalized spacial score (nSPS) is 49.6. The summed E-state index contributed by atoms with van der Waals surface area (Å²) in [6.45, 7) is 18.5. The number of esters is 1. The molecule has 15 nitrogen and oxygen atoms in total. The van der Waals surface area contributed by atoms with E-state index in [0.29, 0.717) is 6.42 Å². The Morgan fingerprint density at radius 2 is 1.52 bits per heavy atom. The van der Waals surface area contributed by atoms with Crippen LogP contribution in [-0.4, -0.2) is 164 Å². The van der Waals surface area contributed by atoms with Crippen molar-refractivity contribution < 1.29 is 69.0 Å². The van der Waals surface area contributed by atoms with E-state index in [1.165, 1.54) is 14.0 Å². The number of methoxy groups -OCH3 is 1. The van der Waals surface area contributed by atoms with Crippen molar-refractivity contribution in [2.24, 2.45) is 23.7 Å². The first kappa shape index (κ1) is 47.3. The van der Waals surface area contributed by atoms with Crippen molar-refractivity contribution in [2.45, 2.75) is 198 Å². The standard InChI is InChI=1S/C39H73NO14/c1-14-27-39(11,48)32(44)22(5)29(42)19(2)16-37(9,47)34(54-36-30(43)26(15-21(4)50-36)40(12)18-20(3)41)23(6)31(24(7)35(46)52-27)53-28-17-38(10,49-13)33(45)25(8)51-28/h19-34,36,41-45,47-48H,14-18H2,1-13H3/t19-,20-,21-,22+,23+,24-,25+,26+,27-,28-,29+,30-,31+,32-,33+,34-,36+,37-,38-,39-/m1/s1. The first-order chi connectivity index (χ1) is 24.8. The van der Waals surface area contributed by atoms with Gasteiger partial charge in [-0.3, -0.25) is 9.69 Å². The highest BCUT2D eigenvalue weighted by Crippen LogP contribution is 2.41.